The van der Waals surface area contributed by atoms with Crippen LogP contribution in [0.3, 0.4) is 0 Å². The minimum absolute atomic E-state index is 0.0695. The average Bonchev–Trinajstić information content (AvgIpc) is 3.64. The number of nitrogens with zero attached hydrogens (tertiary/aromatic N) is 6. The molecule has 0 saturated carbocycles. The summed E-state index contributed by atoms with van der Waals surface area (Å²) in [6.07, 6.45) is 16.3. The molecule has 2 aliphatic heterocycles. The Morgan fingerprint density at radius 2 is 1.83 bits per heavy atom. The highest BCUT2D eigenvalue weighted by atomic mass is 35.5. The lowest BCUT2D eigenvalue weighted by molar-refractivity contribution is 0.0492. The van der Waals surface area contributed by atoms with Gasteiger partial charge < -0.3 is 29.0 Å². The predicted octanol–water partition coefficient (Wildman–Crippen LogP) is 6.44. The highest BCUT2D eigenvalue weighted by Crippen LogP contribution is 2.41. The summed E-state index contributed by atoms with van der Waals surface area (Å²) in [7, 11) is 1.01. The Kier molecular flexibility index (Phi) is 9.68. The van der Waals surface area contributed by atoms with Crippen LogP contribution in [0.2, 0.25) is 5.02 Å². The number of hydrogen-bond donors (Lipinski definition) is 1. The molecule has 4 aromatic rings. The summed E-state index contributed by atoms with van der Waals surface area (Å²) in [5.74, 6) is 1.88. The van der Waals surface area contributed by atoms with Gasteiger partial charge in [0, 0.05) is 59.9 Å². The van der Waals surface area contributed by atoms with E-state index < -0.39 is 15.6 Å². The number of halogens is 1. The van der Waals surface area contributed by atoms with E-state index in [-0.39, 0.29) is 24.2 Å². The zero-order valence-electron chi connectivity index (χ0n) is 28.6. The average molecular weight is 686 g/mol. The van der Waals surface area contributed by atoms with Crippen molar-refractivity contribution in [1.82, 2.24) is 29.6 Å². The van der Waals surface area contributed by atoms with Crippen molar-refractivity contribution < 1.29 is 19.0 Å². The maximum atomic E-state index is 12.5. The van der Waals surface area contributed by atoms with Gasteiger partial charge in [-0.1, -0.05) is 17.7 Å². The molecule has 47 heavy (non-hydrogen) atoms. The molecule has 3 atom stereocenters. The molecule has 256 valence electrons. The molecule has 2 fully saturated rings. The fourth-order valence-electron chi connectivity index (χ4n) is 6.69. The first-order valence-electron chi connectivity index (χ1n) is 16.3. The lowest BCUT2D eigenvalue weighted by Crippen LogP contribution is -2.51. The molecule has 1 aromatic carbocycles. The molecule has 6 rings (SSSR count). The number of carbonyl (C=O) groups is 1. The van der Waals surface area contributed by atoms with Crippen molar-refractivity contribution in [3.63, 3.8) is 0 Å². The van der Waals surface area contributed by atoms with Crippen LogP contribution in [-0.2, 0) is 27.5 Å². The third kappa shape index (κ3) is 7.66. The Labute approximate surface area is 283 Å². The monoisotopic (exact) mass is 685 g/mol. The first-order valence-corrected chi connectivity index (χ1v) is 19.7. The molecular formula is C34H48ClN7O4S. The molecule has 1 N–H and O–H groups in total. The van der Waals surface area contributed by atoms with Gasteiger partial charge >= 0.3 is 6.09 Å². The summed E-state index contributed by atoms with van der Waals surface area (Å²) < 4.78 is 20.9. The topological polar surface area (TPSA) is 109 Å². The van der Waals surface area contributed by atoms with E-state index >= 15 is 0 Å². The molecule has 2 bridgehead atoms. The van der Waals surface area contributed by atoms with Crippen molar-refractivity contribution in [2.75, 3.05) is 49.7 Å². The summed E-state index contributed by atoms with van der Waals surface area (Å²) in [5, 5.41) is 9.29. The van der Waals surface area contributed by atoms with E-state index in [1.165, 1.54) is 0 Å². The zero-order valence-corrected chi connectivity index (χ0v) is 30.2. The maximum Gasteiger partial charge on any atom is 0.407 e. The minimum Gasteiger partial charge on any atom is -0.444 e. The van der Waals surface area contributed by atoms with Crippen molar-refractivity contribution in [3.8, 4) is 11.1 Å². The van der Waals surface area contributed by atoms with Crippen LogP contribution in [0.1, 0.15) is 46.5 Å². The van der Waals surface area contributed by atoms with E-state index in [2.05, 4.69) is 44.8 Å². The molecule has 0 radical (unpaired) electrons. The van der Waals surface area contributed by atoms with E-state index in [1.807, 2.05) is 50.0 Å². The standard InChI is InChI=1S/C34H48ClN7O4S/c1-34(2,3)46-33(43)37-22-16-23-8-9-24(17-22)42(23)29-18-36-31-26(19-40(32(31)38-29)21-45-14-15-47(5,6)7)25-10-11-28-27(30(25)35)20-41(39-28)12-13-44-4/h10-11,18-20,22-24H,8-9,12-17,21H2,1-7H3,(H,37,43)/t22-,23+,24-. The summed E-state index contributed by atoms with van der Waals surface area (Å²) >= 11 is 7.08. The number of alkyl carbamates (subject to hydrolysis) is 1. The van der Waals surface area contributed by atoms with Gasteiger partial charge in [-0.25, -0.2) is 24.8 Å². The number of aromatic nitrogens is 5. The molecule has 0 spiro atoms. The molecule has 2 aliphatic rings. The van der Waals surface area contributed by atoms with Crippen molar-refractivity contribution >= 4 is 55.6 Å². The van der Waals surface area contributed by atoms with E-state index in [0.717, 1.165) is 70.4 Å². The highest BCUT2D eigenvalue weighted by molar-refractivity contribution is 8.32. The van der Waals surface area contributed by atoms with Crippen LogP contribution in [-0.4, -0.2) is 99.0 Å². The summed E-state index contributed by atoms with van der Waals surface area (Å²) in [5.41, 5.74) is 3.64. The fraction of sp³-hybridized carbons (Fsp3) is 0.588. The first kappa shape index (κ1) is 33.8. The Bertz CT molecular complexity index is 1730. The number of amides is 1. The molecule has 11 nitrogen and oxygen atoms in total. The number of methoxy groups -OCH3 is 1. The second-order valence-corrected chi connectivity index (χ2v) is 19.6. The van der Waals surface area contributed by atoms with Crippen LogP contribution >= 0.6 is 21.6 Å². The van der Waals surface area contributed by atoms with Crippen LogP contribution < -0.4 is 10.2 Å². The van der Waals surface area contributed by atoms with Crippen LogP contribution in [0.5, 0.6) is 0 Å². The number of fused-ring (bicyclic) bond motifs is 4. The van der Waals surface area contributed by atoms with Gasteiger partial charge in [-0.3, -0.25) is 4.68 Å². The second kappa shape index (κ2) is 13.4. The molecule has 0 aliphatic carbocycles. The Hall–Kier alpha value is -3.06. The van der Waals surface area contributed by atoms with Crippen molar-refractivity contribution in [3.05, 3.63) is 35.7 Å². The number of ether oxygens (including phenoxy) is 3. The quantitative estimate of drug-likeness (QED) is 0.180. The number of rotatable bonds is 11. The summed E-state index contributed by atoms with van der Waals surface area (Å²) in [6.45, 7) is 7.92. The Morgan fingerprint density at radius 3 is 2.51 bits per heavy atom. The fourth-order valence-corrected chi connectivity index (χ4v) is 7.62. The smallest absolute Gasteiger partial charge is 0.407 e. The number of piperidine rings is 1. The lowest BCUT2D eigenvalue weighted by Gasteiger charge is -2.39. The lowest BCUT2D eigenvalue weighted by atomic mass is 9.97. The van der Waals surface area contributed by atoms with Crippen molar-refractivity contribution in [2.24, 2.45) is 0 Å². The third-order valence-corrected chi connectivity index (χ3v) is 10.6. The molecule has 13 heteroatoms. The van der Waals surface area contributed by atoms with Gasteiger partial charge in [0.25, 0.3) is 0 Å². The SMILES string of the molecule is COCCn1cc2c(Cl)c(-c3cn(COCCS(C)(C)C)c4nc(N5[C@@H]6CC[C@H]5C[C@@H](NC(=O)OC(C)(C)C)C6)cnc34)ccc2n1. The highest BCUT2D eigenvalue weighted by Gasteiger charge is 2.42. The van der Waals surface area contributed by atoms with Crippen molar-refractivity contribution in [2.45, 2.75) is 83.5 Å². The number of hydrogen-bond acceptors (Lipinski definition) is 8. The van der Waals surface area contributed by atoms with E-state index in [0.29, 0.717) is 31.5 Å². The van der Waals surface area contributed by atoms with Gasteiger partial charge in [0.2, 0.25) is 0 Å². The molecule has 2 saturated heterocycles. The molecule has 5 heterocycles. The number of anilines is 1. The Balaban J connectivity index is 1.30. The molecule has 3 aromatic heterocycles. The third-order valence-electron chi connectivity index (χ3n) is 8.83. The first-order chi connectivity index (χ1) is 22.3. The van der Waals surface area contributed by atoms with E-state index in [9.17, 15) is 4.79 Å². The second-order valence-electron chi connectivity index (χ2n) is 14.6. The molecule has 0 unspecified atom stereocenters. The van der Waals surface area contributed by atoms with E-state index in [4.69, 9.17) is 35.8 Å². The Morgan fingerprint density at radius 1 is 1.09 bits per heavy atom. The van der Waals surface area contributed by atoms with E-state index in [1.54, 1.807) is 7.11 Å². The minimum atomic E-state index is -0.673. The normalized spacial score (nSPS) is 20.3. The summed E-state index contributed by atoms with van der Waals surface area (Å²) in [6, 6.07) is 4.61. The van der Waals surface area contributed by atoms with Gasteiger partial charge in [0.05, 0.1) is 36.5 Å². The van der Waals surface area contributed by atoms with Crippen molar-refractivity contribution in [1.29, 1.82) is 0 Å². The van der Waals surface area contributed by atoms with Gasteiger partial charge in [-0.2, -0.15) is 5.10 Å². The number of carbonyl (C=O) groups excluding carboxylic acids is 1. The molecule has 1 amide bonds. The van der Waals surface area contributed by atoms with Crippen LogP contribution in [0.25, 0.3) is 33.2 Å². The number of nitrogens with one attached hydrogen (secondary N) is 1. The van der Waals surface area contributed by atoms with Crippen LogP contribution in [0.15, 0.2) is 30.7 Å². The molecular weight excluding hydrogens is 638 g/mol. The van der Waals surface area contributed by atoms with Gasteiger partial charge in [0.1, 0.15) is 23.7 Å². The van der Waals surface area contributed by atoms with Gasteiger partial charge in [0.15, 0.2) is 5.65 Å². The number of benzene rings is 1. The zero-order chi connectivity index (χ0) is 33.5. The van der Waals surface area contributed by atoms with Crippen LogP contribution in [0, 0.1) is 0 Å². The largest absolute Gasteiger partial charge is 0.444 e. The van der Waals surface area contributed by atoms with Gasteiger partial charge in [-0.15, -0.1) is 0 Å². The van der Waals surface area contributed by atoms with Gasteiger partial charge in [-0.05, 0) is 71.3 Å². The van der Waals surface area contributed by atoms with Crippen LogP contribution in [0.4, 0.5) is 10.6 Å². The summed E-state index contributed by atoms with van der Waals surface area (Å²) in [4.78, 5) is 25.2. The maximum absolute atomic E-state index is 12.5. The predicted molar refractivity (Wildman–Crippen MR) is 191 cm³/mol.